The van der Waals surface area contributed by atoms with Crippen molar-refractivity contribution in [1.29, 1.82) is 0 Å². The number of tetrazole rings is 1. The molecule has 0 fully saturated rings. The first-order valence-electron chi connectivity index (χ1n) is 7.98. The van der Waals surface area contributed by atoms with Gasteiger partial charge < -0.3 is 5.32 Å². The molecule has 0 bridgehead atoms. The molecule has 0 aliphatic rings. The molecule has 8 heteroatoms. The summed E-state index contributed by atoms with van der Waals surface area (Å²) in [6.45, 7) is 8.08. The fraction of sp³-hybridized carbons (Fsp3) is 0.500. The van der Waals surface area contributed by atoms with Gasteiger partial charge in [0.1, 0.15) is 0 Å². The van der Waals surface area contributed by atoms with Crippen molar-refractivity contribution in [3.63, 3.8) is 0 Å². The van der Waals surface area contributed by atoms with E-state index in [1.807, 2.05) is 32.9 Å². The summed E-state index contributed by atoms with van der Waals surface area (Å²) in [5.41, 5.74) is 2.89. The number of hydrogen-bond acceptors (Lipinski definition) is 5. The quantitative estimate of drug-likeness (QED) is 0.754. The van der Waals surface area contributed by atoms with Gasteiger partial charge in [-0.3, -0.25) is 4.79 Å². The Labute approximate surface area is 151 Å². The molecule has 0 aliphatic carbocycles. The summed E-state index contributed by atoms with van der Waals surface area (Å²) < 4.78 is 1.70. The van der Waals surface area contributed by atoms with Crippen LogP contribution in [0.25, 0.3) is 0 Å². The number of nitrogens with one attached hydrogen (secondary N) is 1. The highest BCUT2D eigenvalue weighted by molar-refractivity contribution is 7.99. The molecule has 1 amide bonds. The molecule has 0 unspecified atom stereocenters. The summed E-state index contributed by atoms with van der Waals surface area (Å²) in [7, 11) is 0. The number of carbonyl (C=O) groups excluding carboxylic acids is 1. The van der Waals surface area contributed by atoms with Gasteiger partial charge in [0.15, 0.2) is 0 Å². The van der Waals surface area contributed by atoms with Crippen LogP contribution in [0.3, 0.4) is 0 Å². The van der Waals surface area contributed by atoms with Crippen molar-refractivity contribution in [3.8, 4) is 0 Å². The number of amides is 1. The van der Waals surface area contributed by atoms with Crippen molar-refractivity contribution in [2.24, 2.45) is 0 Å². The van der Waals surface area contributed by atoms with Gasteiger partial charge in [-0.15, -0.1) is 5.10 Å². The fourth-order valence-corrected chi connectivity index (χ4v) is 3.47. The molecule has 2 rings (SSSR count). The van der Waals surface area contributed by atoms with E-state index in [-0.39, 0.29) is 17.7 Å². The van der Waals surface area contributed by atoms with E-state index < -0.39 is 0 Å². The molecule has 0 spiro atoms. The smallest absolute Gasteiger partial charge is 0.234 e. The fourth-order valence-electron chi connectivity index (χ4n) is 2.38. The van der Waals surface area contributed by atoms with Gasteiger partial charge in [0.25, 0.3) is 0 Å². The van der Waals surface area contributed by atoms with E-state index in [0.717, 1.165) is 29.7 Å². The number of nitrogens with zero attached hydrogens (tertiary/aromatic N) is 4. The molecular formula is C16H22ClN5OS. The van der Waals surface area contributed by atoms with Crippen molar-refractivity contribution >= 4 is 35.0 Å². The minimum atomic E-state index is -0.0926. The van der Waals surface area contributed by atoms with Gasteiger partial charge in [0.2, 0.25) is 11.1 Å². The second kappa shape index (κ2) is 8.48. The Morgan fingerprint density at radius 2 is 2.08 bits per heavy atom. The van der Waals surface area contributed by atoms with Crippen LogP contribution in [0.1, 0.15) is 44.9 Å². The maximum Gasteiger partial charge on any atom is 0.234 e. The lowest BCUT2D eigenvalue weighted by Crippen LogP contribution is -2.17. The number of carbonyl (C=O) groups is 1. The molecule has 2 aromatic rings. The molecule has 0 saturated carbocycles. The van der Waals surface area contributed by atoms with E-state index in [1.54, 1.807) is 4.68 Å². The molecule has 0 aliphatic heterocycles. The van der Waals surface area contributed by atoms with Crippen molar-refractivity contribution in [2.45, 2.75) is 51.7 Å². The number of benzene rings is 1. The molecule has 6 nitrogen and oxygen atoms in total. The van der Waals surface area contributed by atoms with Crippen molar-refractivity contribution < 1.29 is 4.79 Å². The van der Waals surface area contributed by atoms with Gasteiger partial charge in [-0.05, 0) is 54.3 Å². The van der Waals surface area contributed by atoms with Gasteiger partial charge in [0.05, 0.1) is 11.8 Å². The van der Waals surface area contributed by atoms with Gasteiger partial charge >= 0.3 is 0 Å². The van der Waals surface area contributed by atoms with Gasteiger partial charge in [-0.25, -0.2) is 4.68 Å². The first-order valence-corrected chi connectivity index (χ1v) is 9.35. The van der Waals surface area contributed by atoms with Crippen LogP contribution in [0.4, 0.5) is 5.69 Å². The number of hydrogen-bond donors (Lipinski definition) is 1. The average Bonchev–Trinajstić information content (AvgIpc) is 3.02. The van der Waals surface area contributed by atoms with Gasteiger partial charge in [0, 0.05) is 10.7 Å². The van der Waals surface area contributed by atoms with E-state index in [4.69, 9.17) is 11.6 Å². The minimum Gasteiger partial charge on any atom is -0.325 e. The first-order chi connectivity index (χ1) is 11.5. The van der Waals surface area contributed by atoms with Crippen LogP contribution in [0.15, 0.2) is 17.3 Å². The zero-order valence-corrected chi connectivity index (χ0v) is 15.9. The highest BCUT2D eigenvalue weighted by atomic mass is 35.5. The maximum absolute atomic E-state index is 12.4. The van der Waals surface area contributed by atoms with Crippen LogP contribution in [-0.2, 0) is 17.6 Å². The molecular weight excluding hydrogens is 346 g/mol. The van der Waals surface area contributed by atoms with Gasteiger partial charge in [-0.2, -0.15) is 0 Å². The summed E-state index contributed by atoms with van der Waals surface area (Å²) in [5, 5.41) is 15.9. The van der Waals surface area contributed by atoms with Gasteiger partial charge in [-0.1, -0.05) is 43.3 Å². The highest BCUT2D eigenvalue weighted by Gasteiger charge is 2.15. The number of rotatable bonds is 7. The summed E-state index contributed by atoms with van der Waals surface area (Å²) in [6.07, 6.45) is 1.60. The SMILES string of the molecule is CCc1ccc(Cl)c(CC)c1NC(=O)CSc1nnnn1C(C)C. The van der Waals surface area contributed by atoms with Crippen LogP contribution in [0.5, 0.6) is 0 Å². The standard InChI is InChI=1S/C16H22ClN5OS/c1-5-11-7-8-13(17)12(6-2)15(11)18-14(23)9-24-16-19-20-21-22(16)10(3)4/h7-8,10H,5-6,9H2,1-4H3,(H,18,23). The minimum absolute atomic E-state index is 0.0926. The number of anilines is 1. The maximum atomic E-state index is 12.4. The van der Waals surface area contributed by atoms with Crippen LogP contribution in [0.2, 0.25) is 5.02 Å². The molecule has 0 atom stereocenters. The zero-order chi connectivity index (χ0) is 17.7. The van der Waals surface area contributed by atoms with Crippen LogP contribution in [0, 0.1) is 0 Å². The Bertz CT molecular complexity index is 716. The van der Waals surface area contributed by atoms with Crippen LogP contribution < -0.4 is 5.32 Å². The first kappa shape index (κ1) is 18.7. The Hall–Kier alpha value is -1.60. The van der Waals surface area contributed by atoms with Crippen molar-refractivity contribution in [3.05, 3.63) is 28.3 Å². The predicted octanol–water partition coefficient (Wildman–Crippen LogP) is 3.76. The number of aryl methyl sites for hydroxylation is 1. The molecule has 1 heterocycles. The number of aromatic nitrogens is 4. The third kappa shape index (κ3) is 4.27. The van der Waals surface area contributed by atoms with Crippen molar-refractivity contribution in [1.82, 2.24) is 20.2 Å². The van der Waals surface area contributed by atoms with E-state index in [2.05, 4.69) is 27.8 Å². The van der Waals surface area contributed by atoms with Crippen molar-refractivity contribution in [2.75, 3.05) is 11.1 Å². The summed E-state index contributed by atoms with van der Waals surface area (Å²) in [4.78, 5) is 12.4. The lowest BCUT2D eigenvalue weighted by atomic mass is 10.0. The normalized spacial score (nSPS) is 11.1. The Balaban J connectivity index is 2.10. The largest absolute Gasteiger partial charge is 0.325 e. The predicted molar refractivity (Wildman–Crippen MR) is 97.8 cm³/mol. The van der Waals surface area contributed by atoms with E-state index >= 15 is 0 Å². The summed E-state index contributed by atoms with van der Waals surface area (Å²) in [6, 6.07) is 4.00. The number of thioether (sulfide) groups is 1. The lowest BCUT2D eigenvalue weighted by Gasteiger charge is -2.16. The number of halogens is 1. The molecule has 24 heavy (non-hydrogen) atoms. The molecule has 1 aromatic carbocycles. The molecule has 1 aromatic heterocycles. The van der Waals surface area contributed by atoms with E-state index in [1.165, 1.54) is 11.8 Å². The molecule has 0 saturated heterocycles. The van der Waals surface area contributed by atoms with Crippen LogP contribution in [-0.4, -0.2) is 31.9 Å². The summed E-state index contributed by atoms with van der Waals surface area (Å²) in [5.74, 6) is 0.149. The lowest BCUT2D eigenvalue weighted by molar-refractivity contribution is -0.113. The highest BCUT2D eigenvalue weighted by Crippen LogP contribution is 2.30. The monoisotopic (exact) mass is 367 g/mol. The Morgan fingerprint density at radius 3 is 2.71 bits per heavy atom. The molecule has 130 valence electrons. The second-order valence-electron chi connectivity index (χ2n) is 5.60. The second-order valence-corrected chi connectivity index (χ2v) is 6.95. The van der Waals surface area contributed by atoms with E-state index in [9.17, 15) is 4.79 Å². The Morgan fingerprint density at radius 1 is 1.33 bits per heavy atom. The van der Waals surface area contributed by atoms with Crippen LogP contribution >= 0.6 is 23.4 Å². The third-order valence-electron chi connectivity index (χ3n) is 3.63. The molecule has 1 N–H and O–H groups in total. The molecule has 0 radical (unpaired) electrons. The Kier molecular flexibility index (Phi) is 6.62. The topological polar surface area (TPSA) is 72.7 Å². The summed E-state index contributed by atoms with van der Waals surface area (Å²) >= 11 is 7.59. The zero-order valence-electron chi connectivity index (χ0n) is 14.3. The van der Waals surface area contributed by atoms with E-state index in [0.29, 0.717) is 10.2 Å². The third-order valence-corrected chi connectivity index (χ3v) is 4.91. The average molecular weight is 368 g/mol.